The molecule has 1 amide bonds. The predicted molar refractivity (Wildman–Crippen MR) is 73.7 cm³/mol. The summed E-state index contributed by atoms with van der Waals surface area (Å²) in [5, 5.41) is 11.5. The lowest BCUT2D eigenvalue weighted by atomic mass is 10.1. The zero-order valence-corrected chi connectivity index (χ0v) is 11.7. The fourth-order valence-corrected chi connectivity index (χ4v) is 2.24. The van der Waals surface area contributed by atoms with Crippen molar-refractivity contribution in [2.45, 2.75) is 20.3 Å². The van der Waals surface area contributed by atoms with Gasteiger partial charge in [-0.3, -0.25) is 9.59 Å². The number of amides is 1. The molecule has 2 N–H and O–H groups in total. The molecule has 1 aromatic rings. The molecule has 2 unspecified atom stereocenters. The van der Waals surface area contributed by atoms with Crippen LogP contribution in [0.15, 0.2) is 18.2 Å². The van der Waals surface area contributed by atoms with E-state index in [4.69, 9.17) is 9.84 Å². The Bertz CT molecular complexity index is 506. The Balaban J connectivity index is 1.72. The maximum atomic E-state index is 11.6. The second-order valence-corrected chi connectivity index (χ2v) is 5.15. The highest BCUT2D eigenvalue weighted by atomic mass is 16.5. The third kappa shape index (κ3) is 3.29. The molecule has 0 spiro atoms. The van der Waals surface area contributed by atoms with Gasteiger partial charge in [0, 0.05) is 0 Å². The van der Waals surface area contributed by atoms with Crippen molar-refractivity contribution in [2.24, 2.45) is 11.8 Å². The molecule has 1 saturated carbocycles. The summed E-state index contributed by atoms with van der Waals surface area (Å²) in [6, 6.07) is 5.92. The van der Waals surface area contributed by atoms with E-state index in [1.54, 1.807) is 0 Å². The van der Waals surface area contributed by atoms with Gasteiger partial charge in [0.15, 0.2) is 0 Å². The molecular formula is C15H19NO4. The van der Waals surface area contributed by atoms with Crippen LogP contribution in [0.5, 0.6) is 5.75 Å². The van der Waals surface area contributed by atoms with Gasteiger partial charge in [0.25, 0.3) is 0 Å². The molecule has 2 atom stereocenters. The summed E-state index contributed by atoms with van der Waals surface area (Å²) < 4.78 is 5.66. The van der Waals surface area contributed by atoms with Gasteiger partial charge >= 0.3 is 5.97 Å². The van der Waals surface area contributed by atoms with Crippen LogP contribution in [0.2, 0.25) is 0 Å². The van der Waals surface area contributed by atoms with E-state index in [1.165, 1.54) is 0 Å². The molecule has 0 aliphatic heterocycles. The Kier molecular flexibility index (Phi) is 4.27. The number of aliphatic carboxylic acids is 1. The number of hydrogen-bond acceptors (Lipinski definition) is 3. The Labute approximate surface area is 117 Å². The van der Waals surface area contributed by atoms with E-state index >= 15 is 0 Å². The molecule has 1 aliphatic rings. The molecule has 0 radical (unpaired) electrons. The van der Waals surface area contributed by atoms with Gasteiger partial charge in [-0.15, -0.1) is 0 Å². The third-order valence-corrected chi connectivity index (χ3v) is 3.50. The van der Waals surface area contributed by atoms with Crippen LogP contribution in [-0.2, 0) is 9.59 Å². The molecule has 5 nitrogen and oxygen atoms in total. The number of carboxylic acids is 1. The largest absolute Gasteiger partial charge is 0.491 e. The van der Waals surface area contributed by atoms with Crippen LogP contribution < -0.4 is 10.1 Å². The average Bonchev–Trinajstić information content (AvgIpc) is 3.17. The van der Waals surface area contributed by atoms with Gasteiger partial charge in [0.05, 0.1) is 18.4 Å². The van der Waals surface area contributed by atoms with E-state index in [2.05, 4.69) is 5.32 Å². The standard InChI is InChI=1S/C15H19NO4/c1-9-4-3-5-10(2)13(9)20-7-6-16-14(17)11-8-12(11)15(18)19/h3-5,11-12H,6-8H2,1-2H3,(H,16,17)(H,18,19). The van der Waals surface area contributed by atoms with Gasteiger partial charge in [0.2, 0.25) is 5.91 Å². The average molecular weight is 277 g/mol. The number of aryl methyl sites for hydroxylation is 2. The van der Waals surface area contributed by atoms with Crippen LogP contribution >= 0.6 is 0 Å². The number of benzene rings is 1. The first-order valence-corrected chi connectivity index (χ1v) is 6.70. The van der Waals surface area contributed by atoms with Crippen molar-refractivity contribution in [2.75, 3.05) is 13.2 Å². The second-order valence-electron chi connectivity index (χ2n) is 5.15. The molecule has 0 bridgehead atoms. The minimum atomic E-state index is -0.892. The van der Waals surface area contributed by atoms with Crippen LogP contribution in [-0.4, -0.2) is 30.1 Å². The minimum absolute atomic E-state index is 0.192. The molecule has 108 valence electrons. The monoisotopic (exact) mass is 277 g/mol. The van der Waals surface area contributed by atoms with Gasteiger partial charge < -0.3 is 15.2 Å². The first-order valence-electron chi connectivity index (χ1n) is 6.70. The van der Waals surface area contributed by atoms with E-state index in [0.717, 1.165) is 16.9 Å². The van der Waals surface area contributed by atoms with E-state index in [-0.39, 0.29) is 11.8 Å². The number of carbonyl (C=O) groups excluding carboxylic acids is 1. The Morgan fingerprint density at radius 2 is 1.95 bits per heavy atom. The zero-order chi connectivity index (χ0) is 14.7. The number of carboxylic acid groups (broad SMARTS) is 1. The van der Waals surface area contributed by atoms with Crippen LogP contribution in [0.1, 0.15) is 17.5 Å². The van der Waals surface area contributed by atoms with Crippen molar-refractivity contribution in [1.82, 2.24) is 5.32 Å². The Hall–Kier alpha value is -2.04. The lowest BCUT2D eigenvalue weighted by molar-refractivity contribution is -0.140. The molecular weight excluding hydrogens is 258 g/mol. The highest BCUT2D eigenvalue weighted by Gasteiger charge is 2.48. The quantitative estimate of drug-likeness (QED) is 0.773. The van der Waals surface area contributed by atoms with Crippen molar-refractivity contribution >= 4 is 11.9 Å². The van der Waals surface area contributed by atoms with E-state index in [9.17, 15) is 9.59 Å². The summed E-state index contributed by atoms with van der Waals surface area (Å²) in [5.41, 5.74) is 2.12. The number of hydrogen-bond donors (Lipinski definition) is 2. The van der Waals surface area contributed by atoms with Crippen molar-refractivity contribution in [3.8, 4) is 5.75 Å². The van der Waals surface area contributed by atoms with E-state index in [0.29, 0.717) is 19.6 Å². The van der Waals surface area contributed by atoms with Gasteiger partial charge in [-0.2, -0.15) is 0 Å². The number of rotatable bonds is 6. The molecule has 5 heteroatoms. The molecule has 0 aromatic heterocycles. The van der Waals surface area contributed by atoms with Crippen molar-refractivity contribution in [1.29, 1.82) is 0 Å². The fourth-order valence-electron chi connectivity index (χ4n) is 2.24. The van der Waals surface area contributed by atoms with Crippen LogP contribution in [0.4, 0.5) is 0 Å². The number of nitrogens with one attached hydrogen (secondary N) is 1. The first-order chi connectivity index (χ1) is 9.50. The van der Waals surface area contributed by atoms with Crippen LogP contribution in [0.25, 0.3) is 0 Å². The lowest BCUT2D eigenvalue weighted by Gasteiger charge is -2.12. The van der Waals surface area contributed by atoms with E-state index in [1.807, 2.05) is 32.0 Å². The van der Waals surface area contributed by atoms with Crippen molar-refractivity contribution in [3.63, 3.8) is 0 Å². The summed E-state index contributed by atoms with van der Waals surface area (Å²) in [6.45, 7) is 4.71. The second kappa shape index (κ2) is 5.94. The number of para-hydroxylation sites is 1. The molecule has 1 aromatic carbocycles. The Morgan fingerprint density at radius 1 is 1.30 bits per heavy atom. The highest BCUT2D eigenvalue weighted by Crippen LogP contribution is 2.38. The normalized spacial score (nSPS) is 20.3. The smallest absolute Gasteiger partial charge is 0.307 e. The lowest BCUT2D eigenvalue weighted by Crippen LogP contribution is -2.30. The van der Waals surface area contributed by atoms with Crippen LogP contribution in [0.3, 0.4) is 0 Å². The Morgan fingerprint density at radius 3 is 2.50 bits per heavy atom. The van der Waals surface area contributed by atoms with Crippen molar-refractivity contribution in [3.05, 3.63) is 29.3 Å². The summed E-state index contributed by atoms with van der Waals surface area (Å²) in [5.74, 6) is -1.11. The maximum absolute atomic E-state index is 11.6. The number of ether oxygens (including phenoxy) is 1. The minimum Gasteiger partial charge on any atom is -0.491 e. The van der Waals surface area contributed by atoms with Gasteiger partial charge in [0.1, 0.15) is 12.4 Å². The van der Waals surface area contributed by atoms with Gasteiger partial charge in [-0.05, 0) is 31.4 Å². The third-order valence-electron chi connectivity index (χ3n) is 3.50. The topological polar surface area (TPSA) is 75.6 Å². The highest BCUT2D eigenvalue weighted by molar-refractivity contribution is 5.89. The summed E-state index contributed by atoms with van der Waals surface area (Å²) in [4.78, 5) is 22.3. The summed E-state index contributed by atoms with van der Waals surface area (Å²) >= 11 is 0. The SMILES string of the molecule is Cc1cccc(C)c1OCCNC(=O)C1CC1C(=O)O. The predicted octanol–water partition coefficient (Wildman–Crippen LogP) is 1.52. The van der Waals surface area contributed by atoms with E-state index < -0.39 is 11.9 Å². The van der Waals surface area contributed by atoms with Gasteiger partial charge in [-0.1, -0.05) is 18.2 Å². The molecule has 1 fully saturated rings. The molecule has 0 heterocycles. The first kappa shape index (κ1) is 14.4. The molecule has 20 heavy (non-hydrogen) atoms. The summed E-state index contributed by atoms with van der Waals surface area (Å²) in [6.07, 6.45) is 0.443. The zero-order valence-electron chi connectivity index (χ0n) is 11.7. The molecule has 1 aliphatic carbocycles. The maximum Gasteiger partial charge on any atom is 0.307 e. The summed E-state index contributed by atoms with van der Waals surface area (Å²) in [7, 11) is 0. The van der Waals surface area contributed by atoms with Crippen molar-refractivity contribution < 1.29 is 19.4 Å². The fraction of sp³-hybridized carbons (Fsp3) is 0.467. The molecule has 2 rings (SSSR count). The number of carbonyl (C=O) groups is 2. The molecule has 0 saturated heterocycles. The van der Waals surface area contributed by atoms with Crippen LogP contribution in [0, 0.1) is 25.7 Å². The van der Waals surface area contributed by atoms with Gasteiger partial charge in [-0.25, -0.2) is 0 Å².